The minimum atomic E-state index is -0.319. The van der Waals surface area contributed by atoms with Gasteiger partial charge in [0.25, 0.3) is 5.91 Å². The number of carbonyl (C=O) groups excluding carboxylic acids is 1. The number of hydrogen-bond donors (Lipinski definition) is 2. The molecular weight excluding hydrogens is 92.1 g/mol. The quantitative estimate of drug-likeness (QED) is 0.426. The van der Waals surface area contributed by atoms with Crippen LogP contribution in [0.3, 0.4) is 0 Å². The summed E-state index contributed by atoms with van der Waals surface area (Å²) in [6, 6.07) is 0. The summed E-state index contributed by atoms with van der Waals surface area (Å²) in [6.07, 6.45) is 0. The van der Waals surface area contributed by atoms with Gasteiger partial charge in [-0.25, -0.2) is 5.43 Å². The lowest BCUT2D eigenvalue weighted by Gasteiger charge is -2.34. The molecule has 1 aliphatic heterocycles. The van der Waals surface area contributed by atoms with Crippen molar-refractivity contribution >= 4 is 5.91 Å². The molecule has 0 aromatic rings. The summed E-state index contributed by atoms with van der Waals surface area (Å²) < 4.78 is 0. The molecule has 2 N–H and O–H groups in total. The highest BCUT2D eigenvalue weighted by Crippen LogP contribution is 2.05. The molecule has 0 spiro atoms. The van der Waals surface area contributed by atoms with Crippen molar-refractivity contribution in [2.75, 3.05) is 0 Å². The fourth-order valence-corrected chi connectivity index (χ4v) is 0.364. The van der Waals surface area contributed by atoms with E-state index in [9.17, 15) is 4.79 Å². The van der Waals surface area contributed by atoms with Crippen LogP contribution in [-0.4, -0.2) is 11.4 Å². The van der Waals surface area contributed by atoms with Crippen LogP contribution in [0.25, 0.3) is 0 Å². The third kappa shape index (κ3) is 0.489. The topological polar surface area (TPSA) is 41.1 Å². The number of rotatable bonds is 0. The van der Waals surface area contributed by atoms with Crippen LogP contribution in [0, 0.1) is 0 Å². The molecule has 0 atom stereocenters. The summed E-state index contributed by atoms with van der Waals surface area (Å²) >= 11 is 0. The Kier molecular flexibility index (Phi) is 0.642. The van der Waals surface area contributed by atoms with E-state index < -0.39 is 0 Å². The average molecular weight is 100 g/mol. The van der Waals surface area contributed by atoms with Crippen molar-refractivity contribution in [3.8, 4) is 0 Å². The van der Waals surface area contributed by atoms with E-state index in [0.29, 0.717) is 0 Å². The molecule has 1 aliphatic rings. The van der Waals surface area contributed by atoms with E-state index >= 15 is 0 Å². The molecule has 1 saturated heterocycles. The van der Waals surface area contributed by atoms with Crippen molar-refractivity contribution in [2.24, 2.45) is 0 Å². The third-order valence-corrected chi connectivity index (χ3v) is 1.06. The summed E-state index contributed by atoms with van der Waals surface area (Å²) in [7, 11) is 0. The van der Waals surface area contributed by atoms with Gasteiger partial charge in [0.05, 0.1) is 0 Å². The molecule has 1 fully saturated rings. The SMILES string of the molecule is CC1(C)NNC1=O. The lowest BCUT2D eigenvalue weighted by Crippen LogP contribution is -2.71. The molecule has 0 aromatic carbocycles. The summed E-state index contributed by atoms with van der Waals surface area (Å²) in [5.74, 6) is 0.0625. The fraction of sp³-hybridized carbons (Fsp3) is 0.750. The molecule has 0 radical (unpaired) electrons. The molecule has 0 unspecified atom stereocenters. The van der Waals surface area contributed by atoms with Crippen LogP contribution in [-0.2, 0) is 4.79 Å². The van der Waals surface area contributed by atoms with Gasteiger partial charge in [-0.15, -0.1) is 0 Å². The maximum absolute atomic E-state index is 10.4. The second-order valence-electron chi connectivity index (χ2n) is 2.20. The van der Waals surface area contributed by atoms with Gasteiger partial charge in [0.15, 0.2) is 0 Å². The van der Waals surface area contributed by atoms with Crippen LogP contribution < -0.4 is 10.9 Å². The minimum absolute atomic E-state index is 0.0625. The molecule has 1 amide bonds. The van der Waals surface area contributed by atoms with E-state index in [0.717, 1.165) is 0 Å². The van der Waals surface area contributed by atoms with Gasteiger partial charge in [-0.2, -0.15) is 0 Å². The highest BCUT2D eigenvalue weighted by molar-refractivity contribution is 5.89. The number of amides is 1. The summed E-state index contributed by atoms with van der Waals surface area (Å²) in [5.41, 5.74) is 4.83. The Labute approximate surface area is 42.1 Å². The van der Waals surface area contributed by atoms with E-state index in [1.165, 1.54) is 0 Å². The lowest BCUT2D eigenvalue weighted by molar-refractivity contribution is -0.137. The largest absolute Gasteiger partial charge is 0.289 e. The molecule has 0 saturated carbocycles. The number of nitrogens with one attached hydrogen (secondary N) is 2. The predicted molar refractivity (Wildman–Crippen MR) is 25.4 cm³/mol. The second kappa shape index (κ2) is 0.980. The van der Waals surface area contributed by atoms with Gasteiger partial charge in [0.1, 0.15) is 5.54 Å². The highest BCUT2D eigenvalue weighted by Gasteiger charge is 2.35. The van der Waals surface area contributed by atoms with Crippen molar-refractivity contribution in [3.63, 3.8) is 0 Å². The van der Waals surface area contributed by atoms with E-state index in [1.807, 2.05) is 13.8 Å². The molecule has 0 aromatic heterocycles. The summed E-state index contributed by atoms with van der Waals surface area (Å²) in [6.45, 7) is 3.65. The van der Waals surface area contributed by atoms with E-state index in [4.69, 9.17) is 0 Å². The Bertz CT molecular complexity index is 108. The van der Waals surface area contributed by atoms with Gasteiger partial charge in [-0.3, -0.25) is 10.2 Å². The first kappa shape index (κ1) is 4.59. The molecule has 0 aliphatic carbocycles. The Morgan fingerprint density at radius 1 is 1.57 bits per heavy atom. The van der Waals surface area contributed by atoms with E-state index in [1.54, 1.807) is 0 Å². The first-order chi connectivity index (χ1) is 3.13. The number of carbonyl (C=O) groups is 1. The normalized spacial score (nSPS) is 25.7. The minimum Gasteiger partial charge on any atom is -0.289 e. The monoisotopic (exact) mass is 100 g/mol. The lowest BCUT2D eigenvalue weighted by atomic mass is 10.0. The first-order valence-corrected chi connectivity index (χ1v) is 2.20. The van der Waals surface area contributed by atoms with Crippen LogP contribution in [0.1, 0.15) is 13.8 Å². The van der Waals surface area contributed by atoms with Crippen LogP contribution in [0.2, 0.25) is 0 Å². The van der Waals surface area contributed by atoms with Crippen LogP contribution in [0.5, 0.6) is 0 Å². The van der Waals surface area contributed by atoms with Gasteiger partial charge < -0.3 is 0 Å². The second-order valence-corrected chi connectivity index (χ2v) is 2.20. The maximum atomic E-state index is 10.4. The summed E-state index contributed by atoms with van der Waals surface area (Å²) in [4.78, 5) is 10.4. The maximum Gasteiger partial charge on any atom is 0.255 e. The standard InChI is InChI=1S/C4H8N2O/c1-4(2)3(7)5-6-4/h6H,1-2H3,(H,5,7). The van der Waals surface area contributed by atoms with Crippen LogP contribution in [0.4, 0.5) is 0 Å². The Balaban J connectivity index is 2.59. The van der Waals surface area contributed by atoms with Gasteiger partial charge in [-0.1, -0.05) is 0 Å². The fourth-order valence-electron chi connectivity index (χ4n) is 0.364. The highest BCUT2D eigenvalue weighted by atomic mass is 16.2. The van der Waals surface area contributed by atoms with Crippen molar-refractivity contribution in [3.05, 3.63) is 0 Å². The Morgan fingerprint density at radius 3 is 2.00 bits per heavy atom. The molecule has 7 heavy (non-hydrogen) atoms. The molecule has 40 valence electrons. The van der Waals surface area contributed by atoms with E-state index in [-0.39, 0.29) is 11.4 Å². The molecule has 1 heterocycles. The molecule has 1 rings (SSSR count). The van der Waals surface area contributed by atoms with Crippen molar-refractivity contribution < 1.29 is 4.79 Å². The smallest absolute Gasteiger partial charge is 0.255 e. The third-order valence-electron chi connectivity index (χ3n) is 1.06. The van der Waals surface area contributed by atoms with Crippen molar-refractivity contribution in [1.29, 1.82) is 0 Å². The van der Waals surface area contributed by atoms with Gasteiger partial charge in [0, 0.05) is 0 Å². The van der Waals surface area contributed by atoms with Crippen molar-refractivity contribution in [2.45, 2.75) is 19.4 Å². The number of hydrogen-bond acceptors (Lipinski definition) is 2. The summed E-state index contributed by atoms with van der Waals surface area (Å²) in [5, 5.41) is 0. The van der Waals surface area contributed by atoms with Gasteiger partial charge in [0.2, 0.25) is 0 Å². The van der Waals surface area contributed by atoms with Crippen LogP contribution >= 0.6 is 0 Å². The number of hydrazine groups is 1. The molecular formula is C4H8N2O. The van der Waals surface area contributed by atoms with Crippen LogP contribution in [0.15, 0.2) is 0 Å². The predicted octanol–water partition coefficient (Wildman–Crippen LogP) is -0.601. The first-order valence-electron chi connectivity index (χ1n) is 2.20. The molecule has 0 bridgehead atoms. The zero-order valence-corrected chi connectivity index (χ0v) is 4.41. The Hall–Kier alpha value is -0.570. The Morgan fingerprint density at radius 2 is 2.00 bits per heavy atom. The zero-order valence-electron chi connectivity index (χ0n) is 4.41. The zero-order chi connectivity index (χ0) is 5.49. The van der Waals surface area contributed by atoms with Gasteiger partial charge >= 0.3 is 0 Å². The van der Waals surface area contributed by atoms with E-state index in [2.05, 4.69) is 10.9 Å². The molecule has 3 nitrogen and oxygen atoms in total. The molecule has 3 heteroatoms. The van der Waals surface area contributed by atoms with Gasteiger partial charge in [-0.05, 0) is 13.8 Å². The van der Waals surface area contributed by atoms with Crippen molar-refractivity contribution in [1.82, 2.24) is 10.9 Å². The average Bonchev–Trinajstić information content (AvgIpc) is 1.63.